The average Bonchev–Trinajstić information content (AvgIpc) is 3.10. The van der Waals surface area contributed by atoms with Crippen LogP contribution in [0.2, 0.25) is 0 Å². The number of benzene rings is 1. The van der Waals surface area contributed by atoms with Gasteiger partial charge >= 0.3 is 0 Å². The van der Waals surface area contributed by atoms with Gasteiger partial charge in [-0.2, -0.15) is 0 Å². The predicted octanol–water partition coefficient (Wildman–Crippen LogP) is 3.88. The Kier molecular flexibility index (Phi) is 3.84. The predicted molar refractivity (Wildman–Crippen MR) is 92.6 cm³/mol. The summed E-state index contributed by atoms with van der Waals surface area (Å²) < 4.78 is 0. The summed E-state index contributed by atoms with van der Waals surface area (Å²) in [4.78, 5) is 1.41. The number of thiocarbonyl (C=S) groups is 1. The average molecular weight is 319 g/mol. The molecule has 0 saturated heterocycles. The minimum Gasteiger partial charge on any atom is -0.360 e. The van der Waals surface area contributed by atoms with Crippen molar-refractivity contribution in [3.05, 3.63) is 29.8 Å². The highest BCUT2D eigenvalue weighted by atomic mass is 32.2. The van der Waals surface area contributed by atoms with E-state index in [2.05, 4.69) is 34.9 Å². The lowest BCUT2D eigenvalue weighted by atomic mass is 9.95. The molecule has 112 valence electrons. The third-order valence-electron chi connectivity index (χ3n) is 5.32. The molecule has 4 atom stereocenters. The molecule has 2 bridgehead atoms. The van der Waals surface area contributed by atoms with Crippen LogP contribution in [-0.2, 0) is 0 Å². The molecule has 2 fully saturated rings. The van der Waals surface area contributed by atoms with Gasteiger partial charge in [0.1, 0.15) is 0 Å². The van der Waals surface area contributed by atoms with Gasteiger partial charge in [-0.1, -0.05) is 24.6 Å². The van der Waals surface area contributed by atoms with E-state index < -0.39 is 0 Å². The summed E-state index contributed by atoms with van der Waals surface area (Å²) in [7, 11) is 0. The second-order valence-corrected chi connectivity index (χ2v) is 8.17. The van der Waals surface area contributed by atoms with E-state index in [4.69, 9.17) is 12.2 Å². The summed E-state index contributed by atoms with van der Waals surface area (Å²) in [6.45, 7) is 0. The van der Waals surface area contributed by atoms with Gasteiger partial charge in [-0.3, -0.25) is 0 Å². The fraction of sp³-hybridized carbons (Fsp3) is 0.588. The zero-order chi connectivity index (χ0) is 14.2. The Bertz CT molecular complexity index is 545. The number of fused-ring (bicyclic) bond motifs is 3. The molecule has 21 heavy (non-hydrogen) atoms. The zero-order valence-electron chi connectivity index (χ0n) is 12.2. The van der Waals surface area contributed by atoms with Crippen LogP contribution >= 0.6 is 24.0 Å². The molecule has 1 aliphatic heterocycles. The number of nitrogens with one attached hydrogen (secondary N) is 2. The first-order valence-corrected chi connectivity index (χ1v) is 9.48. The van der Waals surface area contributed by atoms with Crippen molar-refractivity contribution >= 4 is 29.1 Å². The lowest BCUT2D eigenvalue weighted by Crippen LogP contribution is -2.45. The maximum atomic E-state index is 5.59. The van der Waals surface area contributed by atoms with E-state index in [0.29, 0.717) is 12.1 Å². The number of hydrogen-bond acceptors (Lipinski definition) is 2. The molecule has 0 aromatic heterocycles. The van der Waals surface area contributed by atoms with Gasteiger partial charge in [-0.25, -0.2) is 0 Å². The van der Waals surface area contributed by atoms with Crippen molar-refractivity contribution in [3.63, 3.8) is 0 Å². The van der Waals surface area contributed by atoms with Crippen molar-refractivity contribution in [2.45, 2.75) is 49.1 Å². The fourth-order valence-electron chi connectivity index (χ4n) is 4.28. The van der Waals surface area contributed by atoms with Crippen LogP contribution < -0.4 is 10.6 Å². The minimum atomic E-state index is 0.376. The van der Waals surface area contributed by atoms with Gasteiger partial charge in [0.25, 0.3) is 0 Å². The Morgan fingerprint density at radius 2 is 2.00 bits per heavy atom. The van der Waals surface area contributed by atoms with Crippen LogP contribution in [-0.4, -0.2) is 16.9 Å². The highest BCUT2D eigenvalue weighted by Gasteiger charge is 2.39. The molecule has 4 unspecified atom stereocenters. The van der Waals surface area contributed by atoms with Crippen LogP contribution in [0.25, 0.3) is 0 Å². The topological polar surface area (TPSA) is 24.1 Å². The smallest absolute Gasteiger partial charge is 0.167 e. The molecule has 4 heteroatoms. The fourth-order valence-corrected chi connectivity index (χ4v) is 5.70. The molecule has 2 saturated carbocycles. The van der Waals surface area contributed by atoms with E-state index in [-0.39, 0.29) is 0 Å². The Labute approximate surface area is 136 Å². The summed E-state index contributed by atoms with van der Waals surface area (Å²) in [5, 5.41) is 8.03. The largest absolute Gasteiger partial charge is 0.360 e. The quantitative estimate of drug-likeness (QED) is 0.808. The van der Waals surface area contributed by atoms with Gasteiger partial charge in [0.2, 0.25) is 0 Å². The van der Waals surface area contributed by atoms with Crippen LogP contribution in [0.4, 0.5) is 0 Å². The molecular weight excluding hydrogens is 296 g/mol. The van der Waals surface area contributed by atoms with Crippen molar-refractivity contribution in [2.75, 3.05) is 5.75 Å². The first-order valence-electron chi connectivity index (χ1n) is 8.08. The maximum absolute atomic E-state index is 5.59. The summed E-state index contributed by atoms with van der Waals surface area (Å²) in [6.07, 6.45) is 6.73. The van der Waals surface area contributed by atoms with Gasteiger partial charge < -0.3 is 10.6 Å². The van der Waals surface area contributed by atoms with Crippen molar-refractivity contribution in [1.82, 2.24) is 10.6 Å². The summed E-state index contributed by atoms with van der Waals surface area (Å²) >= 11 is 7.55. The Morgan fingerprint density at radius 3 is 2.81 bits per heavy atom. The van der Waals surface area contributed by atoms with Crippen molar-refractivity contribution in [3.8, 4) is 0 Å². The lowest BCUT2D eigenvalue weighted by molar-refractivity contribution is 0.387. The van der Waals surface area contributed by atoms with Gasteiger partial charge in [0.05, 0.1) is 6.04 Å². The van der Waals surface area contributed by atoms with E-state index in [0.717, 1.165) is 23.4 Å². The molecule has 0 spiro atoms. The van der Waals surface area contributed by atoms with Crippen LogP contribution in [0, 0.1) is 11.8 Å². The van der Waals surface area contributed by atoms with E-state index in [1.165, 1.54) is 41.9 Å². The molecule has 1 aromatic rings. The van der Waals surface area contributed by atoms with Crippen LogP contribution in [0.5, 0.6) is 0 Å². The first kappa shape index (κ1) is 13.9. The second kappa shape index (κ2) is 5.81. The monoisotopic (exact) mass is 318 g/mol. The van der Waals surface area contributed by atoms with E-state index in [9.17, 15) is 0 Å². The van der Waals surface area contributed by atoms with Crippen LogP contribution in [0.1, 0.15) is 43.7 Å². The number of hydrogen-bond donors (Lipinski definition) is 2. The summed E-state index contributed by atoms with van der Waals surface area (Å²) in [5.74, 6) is 3.00. The van der Waals surface area contributed by atoms with E-state index in [1.54, 1.807) is 0 Å². The highest BCUT2D eigenvalue weighted by Crippen LogP contribution is 2.44. The lowest BCUT2D eigenvalue weighted by Gasteiger charge is -2.30. The standard InChI is InChI=1S/C17H22N2S2/c20-17(19-15-10-11-5-6-12(15)9-11)18-14-7-8-21-16-4-2-1-3-13(14)16/h1-4,11-12,14-15H,5-10H2,(H2,18,19,20). The van der Waals surface area contributed by atoms with Gasteiger partial charge in [0.15, 0.2) is 5.11 Å². The van der Waals surface area contributed by atoms with Gasteiger partial charge in [0, 0.05) is 16.7 Å². The Morgan fingerprint density at radius 1 is 1.10 bits per heavy atom. The Hall–Kier alpha value is -0.740. The molecular formula is C17H22N2S2. The molecule has 0 amide bonds. The van der Waals surface area contributed by atoms with E-state index >= 15 is 0 Å². The number of thioether (sulfide) groups is 1. The van der Waals surface area contributed by atoms with Crippen LogP contribution in [0.15, 0.2) is 29.2 Å². The Balaban J connectivity index is 1.39. The third kappa shape index (κ3) is 2.80. The molecule has 1 aromatic carbocycles. The minimum absolute atomic E-state index is 0.376. The molecule has 1 heterocycles. The third-order valence-corrected chi connectivity index (χ3v) is 6.68. The molecule has 2 nitrogen and oxygen atoms in total. The van der Waals surface area contributed by atoms with Crippen molar-refractivity contribution in [2.24, 2.45) is 11.8 Å². The number of rotatable bonds is 2. The second-order valence-electron chi connectivity index (χ2n) is 6.63. The normalized spacial score (nSPS) is 33.5. The SMILES string of the molecule is S=C(NC1CCSc2ccccc21)NC1CC2CCC1C2. The van der Waals surface area contributed by atoms with Crippen molar-refractivity contribution in [1.29, 1.82) is 0 Å². The van der Waals surface area contributed by atoms with Gasteiger partial charge in [-0.05, 0) is 61.4 Å². The highest BCUT2D eigenvalue weighted by molar-refractivity contribution is 7.99. The van der Waals surface area contributed by atoms with Gasteiger partial charge in [-0.15, -0.1) is 11.8 Å². The maximum Gasteiger partial charge on any atom is 0.167 e. The molecule has 0 radical (unpaired) electrons. The molecule has 2 N–H and O–H groups in total. The zero-order valence-corrected chi connectivity index (χ0v) is 13.8. The summed E-state index contributed by atoms with van der Waals surface area (Å²) in [6, 6.07) is 9.71. The van der Waals surface area contributed by atoms with Crippen LogP contribution in [0.3, 0.4) is 0 Å². The van der Waals surface area contributed by atoms with Crippen molar-refractivity contribution < 1.29 is 0 Å². The van der Waals surface area contributed by atoms with E-state index in [1.807, 2.05) is 11.8 Å². The molecule has 2 aliphatic carbocycles. The first-order chi connectivity index (χ1) is 10.3. The molecule has 3 aliphatic rings. The molecule has 4 rings (SSSR count). The summed E-state index contributed by atoms with van der Waals surface area (Å²) in [5.41, 5.74) is 1.41.